The predicted octanol–water partition coefficient (Wildman–Crippen LogP) is 3.04. The fourth-order valence-electron chi connectivity index (χ4n) is 1.19. The van der Waals surface area contributed by atoms with E-state index in [-0.39, 0.29) is 5.91 Å². The lowest BCUT2D eigenvalue weighted by molar-refractivity contribution is -0.114. The molecular formula is C11H15ClN2O2S. The second kappa shape index (κ2) is 6.02. The standard InChI is InChI=1S/C11H15ClN2O2S/c1-3-8-13-17(12,16)11-6-4-10(5-7-11)14-9(2)15/h4-7H,3,8H2,1-2H3,(H,14,15). The Balaban J connectivity index is 2.94. The van der Waals surface area contributed by atoms with Gasteiger partial charge in [0.25, 0.3) is 0 Å². The van der Waals surface area contributed by atoms with E-state index in [4.69, 9.17) is 10.7 Å². The van der Waals surface area contributed by atoms with E-state index in [2.05, 4.69) is 9.68 Å². The number of carbonyl (C=O) groups is 1. The molecule has 1 N–H and O–H groups in total. The summed E-state index contributed by atoms with van der Waals surface area (Å²) in [5.41, 5.74) is 0.642. The lowest BCUT2D eigenvalue weighted by Gasteiger charge is -2.04. The smallest absolute Gasteiger partial charge is 0.221 e. The summed E-state index contributed by atoms with van der Waals surface area (Å²) in [7, 11) is 3.04. The summed E-state index contributed by atoms with van der Waals surface area (Å²) >= 11 is 0. The average molecular weight is 275 g/mol. The minimum atomic E-state index is -2.83. The first kappa shape index (κ1) is 14.0. The predicted molar refractivity (Wildman–Crippen MR) is 70.6 cm³/mol. The zero-order valence-corrected chi connectivity index (χ0v) is 11.3. The van der Waals surface area contributed by atoms with E-state index in [1.54, 1.807) is 24.3 Å². The van der Waals surface area contributed by atoms with Crippen LogP contribution in [-0.2, 0) is 13.7 Å². The number of rotatable bonds is 4. The second-order valence-corrected chi connectivity index (χ2v) is 6.42. The van der Waals surface area contributed by atoms with Gasteiger partial charge < -0.3 is 5.32 Å². The SMILES string of the molecule is CCCN=S(=O)(Cl)c1ccc(NC(C)=O)cc1. The Morgan fingerprint density at radius 2 is 2.00 bits per heavy atom. The molecule has 4 nitrogen and oxygen atoms in total. The molecule has 1 aromatic carbocycles. The van der Waals surface area contributed by atoms with Crippen LogP contribution in [0.25, 0.3) is 0 Å². The Morgan fingerprint density at radius 3 is 2.47 bits per heavy atom. The lowest BCUT2D eigenvalue weighted by Crippen LogP contribution is -2.05. The van der Waals surface area contributed by atoms with Crippen molar-refractivity contribution < 1.29 is 9.00 Å². The van der Waals surface area contributed by atoms with E-state index in [9.17, 15) is 9.00 Å². The molecule has 1 amide bonds. The quantitative estimate of drug-likeness (QED) is 0.858. The fraction of sp³-hybridized carbons (Fsp3) is 0.364. The molecule has 94 valence electrons. The molecular weight excluding hydrogens is 260 g/mol. The fourth-order valence-corrected chi connectivity index (χ4v) is 2.75. The van der Waals surface area contributed by atoms with Crippen molar-refractivity contribution in [2.45, 2.75) is 25.2 Å². The van der Waals surface area contributed by atoms with Gasteiger partial charge in [-0.05, 0) is 30.7 Å². The highest BCUT2D eigenvalue weighted by Gasteiger charge is 2.08. The van der Waals surface area contributed by atoms with Crippen molar-refractivity contribution in [1.29, 1.82) is 0 Å². The maximum Gasteiger partial charge on any atom is 0.221 e. The Morgan fingerprint density at radius 1 is 1.41 bits per heavy atom. The van der Waals surface area contributed by atoms with Crippen LogP contribution in [0, 0.1) is 0 Å². The summed E-state index contributed by atoms with van der Waals surface area (Å²) in [6.45, 7) is 3.83. The molecule has 0 aliphatic rings. The molecule has 0 fully saturated rings. The minimum Gasteiger partial charge on any atom is -0.326 e. The normalized spacial score (nSPS) is 13.8. The van der Waals surface area contributed by atoms with Crippen molar-refractivity contribution in [3.8, 4) is 0 Å². The summed E-state index contributed by atoms with van der Waals surface area (Å²) in [4.78, 5) is 11.3. The average Bonchev–Trinajstić information content (AvgIpc) is 2.26. The molecule has 0 bridgehead atoms. The van der Waals surface area contributed by atoms with Gasteiger partial charge in [-0.3, -0.25) is 4.79 Å². The second-order valence-electron chi connectivity index (χ2n) is 3.52. The summed E-state index contributed by atoms with van der Waals surface area (Å²) in [6.07, 6.45) is 0.799. The molecule has 0 aliphatic carbocycles. The monoisotopic (exact) mass is 274 g/mol. The maximum absolute atomic E-state index is 12.0. The Hall–Kier alpha value is -1.07. The van der Waals surface area contributed by atoms with Crippen molar-refractivity contribution in [3.63, 3.8) is 0 Å². The number of benzene rings is 1. The van der Waals surface area contributed by atoms with Crippen molar-refractivity contribution in [1.82, 2.24) is 0 Å². The van der Waals surface area contributed by atoms with Gasteiger partial charge >= 0.3 is 0 Å². The van der Waals surface area contributed by atoms with Crippen molar-refractivity contribution in [2.75, 3.05) is 11.9 Å². The van der Waals surface area contributed by atoms with Gasteiger partial charge in [-0.15, -0.1) is 0 Å². The third-order valence-corrected chi connectivity index (χ3v) is 4.14. The molecule has 0 heterocycles. The minimum absolute atomic E-state index is 0.153. The summed E-state index contributed by atoms with van der Waals surface area (Å²) in [6, 6.07) is 6.53. The molecule has 1 atom stereocenters. The van der Waals surface area contributed by atoms with Crippen LogP contribution in [-0.4, -0.2) is 16.7 Å². The summed E-state index contributed by atoms with van der Waals surface area (Å²) in [5, 5.41) is 2.62. The number of carbonyl (C=O) groups excluding carboxylic acids is 1. The molecule has 1 rings (SSSR count). The third-order valence-electron chi connectivity index (χ3n) is 1.95. The van der Waals surface area contributed by atoms with E-state index in [1.807, 2.05) is 6.92 Å². The number of halogens is 1. The van der Waals surface area contributed by atoms with Crippen LogP contribution in [0.2, 0.25) is 0 Å². The van der Waals surface area contributed by atoms with E-state index >= 15 is 0 Å². The molecule has 0 spiro atoms. The van der Waals surface area contributed by atoms with Gasteiger partial charge in [-0.2, -0.15) is 0 Å². The van der Waals surface area contributed by atoms with Crippen LogP contribution in [0.15, 0.2) is 33.5 Å². The third kappa shape index (κ3) is 4.36. The highest BCUT2D eigenvalue weighted by Crippen LogP contribution is 2.20. The van der Waals surface area contributed by atoms with Gasteiger partial charge in [0.15, 0.2) is 8.94 Å². The topological polar surface area (TPSA) is 58.5 Å². The zero-order valence-electron chi connectivity index (χ0n) is 9.77. The van der Waals surface area contributed by atoms with E-state index in [0.29, 0.717) is 17.1 Å². The molecule has 0 saturated heterocycles. The molecule has 6 heteroatoms. The highest BCUT2D eigenvalue weighted by atomic mass is 35.7. The van der Waals surface area contributed by atoms with Gasteiger partial charge in [0.05, 0.1) is 4.90 Å². The van der Waals surface area contributed by atoms with Crippen LogP contribution in [0.5, 0.6) is 0 Å². The van der Waals surface area contributed by atoms with E-state index in [0.717, 1.165) is 6.42 Å². The number of nitrogens with one attached hydrogen (secondary N) is 1. The van der Waals surface area contributed by atoms with Gasteiger partial charge in [-0.1, -0.05) is 6.92 Å². The van der Waals surface area contributed by atoms with Crippen LogP contribution < -0.4 is 5.32 Å². The Kier molecular flexibility index (Phi) is 4.96. The number of hydrogen-bond donors (Lipinski definition) is 1. The Labute approximate surface area is 106 Å². The molecule has 17 heavy (non-hydrogen) atoms. The van der Waals surface area contributed by atoms with Gasteiger partial charge in [0, 0.05) is 29.8 Å². The molecule has 1 unspecified atom stereocenters. The number of hydrogen-bond acceptors (Lipinski definition) is 3. The van der Waals surface area contributed by atoms with Gasteiger partial charge in [0.2, 0.25) is 5.91 Å². The van der Waals surface area contributed by atoms with Crippen molar-refractivity contribution in [2.24, 2.45) is 4.36 Å². The molecule has 1 aromatic rings. The van der Waals surface area contributed by atoms with E-state index < -0.39 is 8.94 Å². The number of amides is 1. The van der Waals surface area contributed by atoms with E-state index in [1.165, 1.54) is 6.92 Å². The van der Waals surface area contributed by atoms with Crippen LogP contribution in [0.1, 0.15) is 20.3 Å². The van der Waals surface area contributed by atoms with Crippen LogP contribution in [0.3, 0.4) is 0 Å². The summed E-state index contributed by atoms with van der Waals surface area (Å²) in [5.74, 6) is -0.153. The first-order chi connectivity index (χ1) is 7.95. The van der Waals surface area contributed by atoms with Crippen LogP contribution >= 0.6 is 10.7 Å². The van der Waals surface area contributed by atoms with Crippen molar-refractivity contribution >= 4 is 31.2 Å². The lowest BCUT2D eigenvalue weighted by atomic mass is 10.3. The van der Waals surface area contributed by atoms with Crippen molar-refractivity contribution in [3.05, 3.63) is 24.3 Å². The highest BCUT2D eigenvalue weighted by molar-refractivity contribution is 8.15. The summed E-state index contributed by atoms with van der Waals surface area (Å²) < 4.78 is 15.9. The van der Waals surface area contributed by atoms with Crippen LogP contribution in [0.4, 0.5) is 5.69 Å². The first-order valence-electron chi connectivity index (χ1n) is 5.26. The molecule has 0 aliphatic heterocycles. The first-order valence-corrected chi connectivity index (χ1v) is 7.60. The molecule has 0 aromatic heterocycles. The van der Waals surface area contributed by atoms with Gasteiger partial charge in [-0.25, -0.2) is 8.57 Å². The largest absolute Gasteiger partial charge is 0.326 e. The Bertz CT molecular complexity index is 505. The van der Waals surface area contributed by atoms with Gasteiger partial charge in [0.1, 0.15) is 0 Å². The maximum atomic E-state index is 12.0. The number of anilines is 1. The zero-order chi connectivity index (χ0) is 12.9. The molecule has 0 saturated carbocycles. The molecule has 0 radical (unpaired) electrons. The number of nitrogens with zero attached hydrogens (tertiary/aromatic N) is 1.